The molecule has 0 bridgehead atoms. The van der Waals surface area contributed by atoms with Gasteiger partial charge in [-0.15, -0.1) is 0 Å². The Hall–Kier alpha value is -1.05. The highest BCUT2D eigenvalue weighted by Gasteiger charge is 2.21. The molecule has 7 heteroatoms. The summed E-state index contributed by atoms with van der Waals surface area (Å²) in [6.45, 7) is 0. The van der Waals surface area contributed by atoms with E-state index < -0.39 is 10.0 Å². The molecule has 1 fully saturated rings. The van der Waals surface area contributed by atoms with Gasteiger partial charge in [-0.05, 0) is 31.0 Å². The Balaban J connectivity index is 1.91. The standard InChI is InChI=1S/C14H18N2O3S2/c1-16(2)21(17,18)11-7-8-13-12(9-11)15-14(19-13)20-10-5-3-4-6-10/h7-10H,3-6H2,1-2H3. The number of sulfonamides is 1. The van der Waals surface area contributed by atoms with Crippen molar-refractivity contribution in [2.24, 2.45) is 0 Å². The van der Waals surface area contributed by atoms with Gasteiger partial charge in [0, 0.05) is 19.3 Å². The fourth-order valence-corrected chi connectivity index (χ4v) is 4.52. The summed E-state index contributed by atoms with van der Waals surface area (Å²) < 4.78 is 31.1. The van der Waals surface area contributed by atoms with Crippen molar-refractivity contribution in [3.05, 3.63) is 18.2 Å². The summed E-state index contributed by atoms with van der Waals surface area (Å²) in [5.74, 6) is 0. The van der Waals surface area contributed by atoms with E-state index in [1.54, 1.807) is 30.0 Å². The summed E-state index contributed by atoms with van der Waals surface area (Å²) in [5.41, 5.74) is 1.23. The van der Waals surface area contributed by atoms with Crippen molar-refractivity contribution in [3.63, 3.8) is 0 Å². The molecule has 0 aliphatic heterocycles. The molecule has 0 radical (unpaired) electrons. The lowest BCUT2D eigenvalue weighted by Crippen LogP contribution is -2.22. The van der Waals surface area contributed by atoms with Gasteiger partial charge in [-0.3, -0.25) is 0 Å². The molecule has 0 unspecified atom stereocenters. The maximum Gasteiger partial charge on any atom is 0.257 e. The summed E-state index contributed by atoms with van der Waals surface area (Å²) in [6.07, 6.45) is 4.93. The van der Waals surface area contributed by atoms with Gasteiger partial charge >= 0.3 is 0 Å². The molecule has 1 saturated carbocycles. The number of fused-ring (bicyclic) bond motifs is 1. The Morgan fingerprint density at radius 2 is 2.00 bits per heavy atom. The van der Waals surface area contributed by atoms with E-state index in [9.17, 15) is 8.42 Å². The zero-order valence-corrected chi connectivity index (χ0v) is 13.7. The van der Waals surface area contributed by atoms with Crippen molar-refractivity contribution in [1.29, 1.82) is 0 Å². The van der Waals surface area contributed by atoms with Crippen LogP contribution >= 0.6 is 11.8 Å². The van der Waals surface area contributed by atoms with E-state index >= 15 is 0 Å². The number of thioether (sulfide) groups is 1. The summed E-state index contributed by atoms with van der Waals surface area (Å²) in [5, 5.41) is 1.21. The first-order chi connectivity index (χ1) is 9.96. The molecular weight excluding hydrogens is 308 g/mol. The van der Waals surface area contributed by atoms with E-state index in [1.165, 1.54) is 44.1 Å². The van der Waals surface area contributed by atoms with E-state index in [1.807, 2.05) is 0 Å². The highest BCUT2D eigenvalue weighted by molar-refractivity contribution is 7.99. The molecule has 1 aliphatic carbocycles. The van der Waals surface area contributed by atoms with Gasteiger partial charge in [0.25, 0.3) is 5.22 Å². The van der Waals surface area contributed by atoms with Crippen LogP contribution in [-0.4, -0.2) is 37.1 Å². The van der Waals surface area contributed by atoms with Crippen LogP contribution < -0.4 is 0 Å². The molecule has 5 nitrogen and oxygen atoms in total. The maximum absolute atomic E-state index is 12.1. The van der Waals surface area contributed by atoms with Gasteiger partial charge in [-0.1, -0.05) is 24.6 Å². The lowest BCUT2D eigenvalue weighted by atomic mass is 10.3. The van der Waals surface area contributed by atoms with E-state index in [0.717, 1.165) is 0 Å². The molecule has 3 rings (SSSR count). The van der Waals surface area contributed by atoms with Crippen molar-refractivity contribution in [2.75, 3.05) is 14.1 Å². The molecule has 21 heavy (non-hydrogen) atoms. The molecule has 1 heterocycles. The highest BCUT2D eigenvalue weighted by Crippen LogP contribution is 2.35. The number of nitrogens with zero attached hydrogens (tertiary/aromatic N) is 2. The SMILES string of the molecule is CN(C)S(=O)(=O)c1ccc2oc(SC3CCCC3)nc2c1. The monoisotopic (exact) mass is 326 g/mol. The molecule has 0 atom stereocenters. The second kappa shape index (κ2) is 5.62. The van der Waals surface area contributed by atoms with Crippen molar-refractivity contribution < 1.29 is 12.8 Å². The normalized spacial score (nSPS) is 17.1. The zero-order valence-electron chi connectivity index (χ0n) is 12.1. The number of rotatable bonds is 4. The summed E-state index contributed by atoms with van der Waals surface area (Å²) in [7, 11) is -0.401. The van der Waals surface area contributed by atoms with Gasteiger partial charge in [-0.2, -0.15) is 0 Å². The van der Waals surface area contributed by atoms with E-state index in [0.29, 0.717) is 21.6 Å². The molecule has 0 amide bonds. The van der Waals surface area contributed by atoms with Crippen molar-refractivity contribution in [2.45, 2.75) is 41.1 Å². The van der Waals surface area contributed by atoms with Crippen molar-refractivity contribution >= 4 is 32.9 Å². The summed E-state index contributed by atoms with van der Waals surface area (Å²) in [4.78, 5) is 4.66. The lowest BCUT2D eigenvalue weighted by molar-refractivity contribution is 0.488. The number of benzene rings is 1. The van der Waals surface area contributed by atoms with Crippen molar-refractivity contribution in [1.82, 2.24) is 9.29 Å². The van der Waals surface area contributed by atoms with Gasteiger partial charge in [-0.25, -0.2) is 17.7 Å². The fourth-order valence-electron chi connectivity index (χ4n) is 2.46. The topological polar surface area (TPSA) is 63.4 Å². The smallest absolute Gasteiger partial charge is 0.257 e. The molecule has 1 aliphatic rings. The largest absolute Gasteiger partial charge is 0.431 e. The highest BCUT2D eigenvalue weighted by atomic mass is 32.2. The average molecular weight is 326 g/mol. The molecule has 114 valence electrons. The molecule has 0 N–H and O–H groups in total. The predicted octanol–water partition coefficient (Wildman–Crippen LogP) is 3.11. The Bertz CT molecular complexity index is 747. The van der Waals surface area contributed by atoms with Gasteiger partial charge < -0.3 is 4.42 Å². The third-order valence-electron chi connectivity index (χ3n) is 3.69. The first-order valence-corrected chi connectivity index (χ1v) is 9.28. The lowest BCUT2D eigenvalue weighted by Gasteiger charge is -2.10. The van der Waals surface area contributed by atoms with Gasteiger partial charge in [0.05, 0.1) is 4.90 Å². The predicted molar refractivity (Wildman–Crippen MR) is 83.0 cm³/mol. The minimum Gasteiger partial charge on any atom is -0.431 e. The number of hydrogen-bond donors (Lipinski definition) is 0. The minimum absolute atomic E-state index is 0.241. The second-order valence-electron chi connectivity index (χ2n) is 5.42. The Morgan fingerprint density at radius 3 is 2.67 bits per heavy atom. The van der Waals surface area contributed by atoms with Crippen LogP contribution in [0.25, 0.3) is 11.1 Å². The van der Waals surface area contributed by atoms with Crippen molar-refractivity contribution in [3.8, 4) is 0 Å². The van der Waals surface area contributed by atoms with Crippen LogP contribution in [0.4, 0.5) is 0 Å². The number of aromatic nitrogens is 1. The molecule has 1 aromatic carbocycles. The average Bonchev–Trinajstić information content (AvgIpc) is 3.06. The maximum atomic E-state index is 12.1. The van der Waals surface area contributed by atoms with Crippen LogP contribution in [0.1, 0.15) is 25.7 Å². The van der Waals surface area contributed by atoms with Crippen LogP contribution in [0.5, 0.6) is 0 Å². The summed E-state index contributed by atoms with van der Waals surface area (Å²) in [6, 6.07) is 4.82. The molecule has 2 aromatic rings. The van der Waals surface area contributed by atoms with Gasteiger partial charge in [0.2, 0.25) is 10.0 Å². The molecular formula is C14H18N2O3S2. The van der Waals surface area contributed by atoms with Crippen LogP contribution in [-0.2, 0) is 10.0 Å². The van der Waals surface area contributed by atoms with E-state index in [-0.39, 0.29) is 4.90 Å². The molecule has 1 aromatic heterocycles. The quantitative estimate of drug-likeness (QED) is 0.864. The Morgan fingerprint density at radius 1 is 1.29 bits per heavy atom. The zero-order chi connectivity index (χ0) is 15.0. The third-order valence-corrected chi connectivity index (χ3v) is 6.68. The van der Waals surface area contributed by atoms with Gasteiger partial charge in [0.1, 0.15) is 5.52 Å². The van der Waals surface area contributed by atoms with Gasteiger partial charge in [0.15, 0.2) is 5.58 Å². The second-order valence-corrected chi connectivity index (χ2v) is 8.82. The van der Waals surface area contributed by atoms with Crippen LogP contribution in [0.15, 0.2) is 32.7 Å². The van der Waals surface area contributed by atoms with Crippen LogP contribution in [0.3, 0.4) is 0 Å². The van der Waals surface area contributed by atoms with Crippen LogP contribution in [0.2, 0.25) is 0 Å². The Kier molecular flexibility index (Phi) is 3.98. The molecule has 0 saturated heterocycles. The number of oxazole rings is 1. The van der Waals surface area contributed by atoms with Crippen LogP contribution in [0, 0.1) is 0 Å². The first kappa shape index (κ1) is 14.9. The molecule has 0 spiro atoms. The summed E-state index contributed by atoms with van der Waals surface area (Å²) >= 11 is 1.66. The minimum atomic E-state index is -3.44. The number of hydrogen-bond acceptors (Lipinski definition) is 5. The Labute approximate surface area is 128 Å². The van der Waals surface area contributed by atoms with E-state index in [4.69, 9.17) is 4.42 Å². The third kappa shape index (κ3) is 2.95. The first-order valence-electron chi connectivity index (χ1n) is 6.96. The fraction of sp³-hybridized carbons (Fsp3) is 0.500. The van der Waals surface area contributed by atoms with E-state index in [2.05, 4.69) is 4.98 Å².